The predicted octanol–water partition coefficient (Wildman–Crippen LogP) is 3.75. The van der Waals surface area contributed by atoms with E-state index >= 15 is 0 Å². The minimum absolute atomic E-state index is 0.383. The van der Waals surface area contributed by atoms with Crippen molar-refractivity contribution in [1.29, 1.82) is 0 Å². The van der Waals surface area contributed by atoms with Gasteiger partial charge in [-0.15, -0.1) is 0 Å². The van der Waals surface area contributed by atoms with Crippen LogP contribution >= 0.6 is 11.6 Å². The average Bonchev–Trinajstić information content (AvgIpc) is 2.44. The molecule has 0 aliphatic carbocycles. The monoisotopic (exact) mass is 292 g/mol. The number of hydrogen-bond acceptors (Lipinski definition) is 3. The van der Waals surface area contributed by atoms with Crippen LogP contribution in [0, 0.1) is 0 Å². The van der Waals surface area contributed by atoms with Crippen LogP contribution in [0.5, 0.6) is 0 Å². The first-order valence-electron chi connectivity index (χ1n) is 6.91. The molecular weight excluding hydrogens is 272 g/mol. The molecule has 108 valence electrons. The van der Waals surface area contributed by atoms with Crippen LogP contribution in [0.2, 0.25) is 5.02 Å². The fraction of sp³-hybridized carbons (Fsp3) is 0.438. The summed E-state index contributed by atoms with van der Waals surface area (Å²) in [6, 6.07) is 8.11. The molecule has 0 unspecified atom stereocenters. The zero-order valence-electron chi connectivity index (χ0n) is 12.2. The summed E-state index contributed by atoms with van der Waals surface area (Å²) in [5.41, 5.74) is 3.20. The topological polar surface area (TPSA) is 34.1 Å². The molecule has 2 rings (SSSR count). The van der Waals surface area contributed by atoms with Crippen molar-refractivity contribution in [1.82, 2.24) is 10.3 Å². The van der Waals surface area contributed by atoms with Crippen molar-refractivity contribution in [3.05, 3.63) is 40.5 Å². The van der Waals surface area contributed by atoms with Crippen molar-refractivity contribution >= 4 is 22.5 Å². The Bertz CT molecular complexity index is 584. The van der Waals surface area contributed by atoms with E-state index in [-0.39, 0.29) is 0 Å². The molecule has 20 heavy (non-hydrogen) atoms. The van der Waals surface area contributed by atoms with Gasteiger partial charge in [-0.1, -0.05) is 37.6 Å². The number of hydrogen-bond donors (Lipinski definition) is 1. The molecule has 0 radical (unpaired) electrons. The molecule has 0 amide bonds. The molecule has 0 saturated carbocycles. The third kappa shape index (κ3) is 3.48. The highest BCUT2D eigenvalue weighted by Crippen LogP contribution is 2.27. The lowest BCUT2D eigenvalue weighted by Gasteiger charge is -2.13. The average molecular weight is 293 g/mol. The molecule has 0 atom stereocenters. The lowest BCUT2D eigenvalue weighted by atomic mass is 10.0. The summed E-state index contributed by atoms with van der Waals surface area (Å²) in [7, 11) is 1.71. The number of aromatic nitrogens is 1. The van der Waals surface area contributed by atoms with Gasteiger partial charge >= 0.3 is 0 Å². The van der Waals surface area contributed by atoms with E-state index in [1.807, 2.05) is 12.1 Å². The predicted molar refractivity (Wildman–Crippen MR) is 84.4 cm³/mol. The summed E-state index contributed by atoms with van der Waals surface area (Å²) < 4.78 is 5.05. The van der Waals surface area contributed by atoms with E-state index in [1.54, 1.807) is 7.11 Å². The van der Waals surface area contributed by atoms with Gasteiger partial charge in [-0.25, -0.2) is 0 Å². The van der Waals surface area contributed by atoms with Crippen molar-refractivity contribution in [2.75, 3.05) is 20.3 Å². The fourth-order valence-electron chi connectivity index (χ4n) is 2.15. The van der Waals surface area contributed by atoms with Crippen LogP contribution in [0.3, 0.4) is 0 Å². The van der Waals surface area contributed by atoms with Gasteiger partial charge in [0, 0.05) is 31.3 Å². The van der Waals surface area contributed by atoms with Crippen molar-refractivity contribution in [3.63, 3.8) is 0 Å². The van der Waals surface area contributed by atoms with Crippen LogP contribution < -0.4 is 5.32 Å². The number of rotatable bonds is 6. The Morgan fingerprint density at radius 3 is 2.85 bits per heavy atom. The zero-order chi connectivity index (χ0) is 14.5. The Labute approximate surface area is 125 Å². The molecular formula is C16H21ClN2O. The Morgan fingerprint density at radius 2 is 2.15 bits per heavy atom. The highest BCUT2D eigenvalue weighted by Gasteiger charge is 2.10. The lowest BCUT2D eigenvalue weighted by Crippen LogP contribution is -2.19. The molecule has 1 heterocycles. The number of pyridine rings is 1. The molecule has 0 aliphatic heterocycles. The van der Waals surface area contributed by atoms with Crippen molar-refractivity contribution in [2.24, 2.45) is 0 Å². The second kappa shape index (κ2) is 7.02. The van der Waals surface area contributed by atoms with Gasteiger partial charge in [-0.2, -0.15) is 0 Å². The number of halogens is 1. The Hall–Kier alpha value is -1.16. The summed E-state index contributed by atoms with van der Waals surface area (Å²) in [6.07, 6.45) is 0. The van der Waals surface area contributed by atoms with Gasteiger partial charge in [-0.3, -0.25) is 4.98 Å². The number of ether oxygens (including phenoxy) is 1. The molecule has 0 fully saturated rings. The first kappa shape index (κ1) is 15.2. The molecule has 0 spiro atoms. The van der Waals surface area contributed by atoms with E-state index in [9.17, 15) is 0 Å². The molecule has 0 bridgehead atoms. The number of benzene rings is 1. The molecule has 2 aromatic rings. The summed E-state index contributed by atoms with van der Waals surface area (Å²) in [5.74, 6) is 0.383. The van der Waals surface area contributed by atoms with Crippen molar-refractivity contribution < 1.29 is 4.74 Å². The maximum atomic E-state index is 6.29. The van der Waals surface area contributed by atoms with Gasteiger partial charge in [0.15, 0.2) is 0 Å². The van der Waals surface area contributed by atoms with E-state index in [1.165, 1.54) is 5.56 Å². The number of nitrogens with zero attached hydrogens (tertiary/aromatic N) is 1. The van der Waals surface area contributed by atoms with Crippen LogP contribution in [-0.2, 0) is 11.3 Å². The van der Waals surface area contributed by atoms with Crippen LogP contribution in [0.1, 0.15) is 31.0 Å². The van der Waals surface area contributed by atoms with Gasteiger partial charge in [-0.05, 0) is 23.6 Å². The first-order valence-corrected chi connectivity index (χ1v) is 7.29. The SMILES string of the molecule is COCCNCc1cc(C(C)C)nc2c(Cl)cccc12. The lowest BCUT2D eigenvalue weighted by molar-refractivity contribution is 0.199. The van der Waals surface area contributed by atoms with E-state index in [0.29, 0.717) is 17.5 Å². The molecule has 3 nitrogen and oxygen atoms in total. The Balaban J connectivity index is 2.37. The summed E-state index contributed by atoms with van der Waals surface area (Å²) in [4.78, 5) is 4.69. The van der Waals surface area contributed by atoms with Gasteiger partial charge in [0.1, 0.15) is 0 Å². The second-order valence-corrected chi connectivity index (χ2v) is 5.57. The van der Waals surface area contributed by atoms with Crippen molar-refractivity contribution in [2.45, 2.75) is 26.3 Å². The van der Waals surface area contributed by atoms with E-state index in [0.717, 1.165) is 29.7 Å². The maximum Gasteiger partial charge on any atom is 0.0894 e. The second-order valence-electron chi connectivity index (χ2n) is 5.17. The summed E-state index contributed by atoms with van der Waals surface area (Å²) in [5, 5.41) is 5.21. The zero-order valence-corrected chi connectivity index (χ0v) is 13.0. The Kier molecular flexibility index (Phi) is 5.35. The first-order chi connectivity index (χ1) is 9.63. The molecule has 4 heteroatoms. The summed E-state index contributed by atoms with van der Waals surface area (Å²) in [6.45, 7) is 6.63. The molecule has 0 aliphatic rings. The van der Waals surface area contributed by atoms with Crippen LogP contribution in [0.4, 0.5) is 0 Å². The minimum atomic E-state index is 0.383. The number of methoxy groups -OCH3 is 1. The molecule has 1 aromatic heterocycles. The number of fused-ring (bicyclic) bond motifs is 1. The van der Waals surface area contributed by atoms with Gasteiger partial charge in [0.2, 0.25) is 0 Å². The number of para-hydroxylation sites is 1. The van der Waals surface area contributed by atoms with Crippen molar-refractivity contribution in [3.8, 4) is 0 Å². The van der Waals surface area contributed by atoms with E-state index < -0.39 is 0 Å². The fourth-order valence-corrected chi connectivity index (χ4v) is 2.36. The van der Waals surface area contributed by atoms with Gasteiger partial charge in [0.25, 0.3) is 0 Å². The van der Waals surface area contributed by atoms with Crippen LogP contribution in [0.25, 0.3) is 10.9 Å². The van der Waals surface area contributed by atoms with E-state index in [2.05, 4.69) is 31.3 Å². The largest absolute Gasteiger partial charge is 0.383 e. The van der Waals surface area contributed by atoms with Crippen LogP contribution in [0.15, 0.2) is 24.3 Å². The molecule has 1 aromatic carbocycles. The number of nitrogens with one attached hydrogen (secondary N) is 1. The smallest absolute Gasteiger partial charge is 0.0894 e. The highest BCUT2D eigenvalue weighted by molar-refractivity contribution is 6.35. The summed E-state index contributed by atoms with van der Waals surface area (Å²) >= 11 is 6.29. The van der Waals surface area contributed by atoms with Crippen LogP contribution in [-0.4, -0.2) is 25.2 Å². The normalized spacial score (nSPS) is 11.4. The van der Waals surface area contributed by atoms with Gasteiger partial charge in [0.05, 0.1) is 17.1 Å². The minimum Gasteiger partial charge on any atom is -0.383 e. The molecule has 1 N–H and O–H groups in total. The molecule has 0 saturated heterocycles. The Morgan fingerprint density at radius 1 is 1.35 bits per heavy atom. The quantitative estimate of drug-likeness (QED) is 0.824. The van der Waals surface area contributed by atoms with Gasteiger partial charge < -0.3 is 10.1 Å². The third-order valence-electron chi connectivity index (χ3n) is 3.29. The highest BCUT2D eigenvalue weighted by atomic mass is 35.5. The van der Waals surface area contributed by atoms with E-state index in [4.69, 9.17) is 21.3 Å². The third-order valence-corrected chi connectivity index (χ3v) is 3.59. The maximum absolute atomic E-state index is 6.29. The standard InChI is InChI=1S/C16H21ClN2O/c1-11(2)15-9-12(10-18-7-8-20-3)13-5-4-6-14(17)16(13)19-15/h4-6,9,11,18H,7-8,10H2,1-3H3.